The molecule has 0 atom stereocenters. The summed E-state index contributed by atoms with van der Waals surface area (Å²) in [6.45, 7) is 5.42. The minimum Gasteiger partial charge on any atom is -0.494 e. The largest absolute Gasteiger partial charge is 0.494 e. The molecule has 6 nitrogen and oxygen atoms in total. The Bertz CT molecular complexity index is 1080. The lowest BCUT2D eigenvalue weighted by molar-refractivity contribution is 0.277. The van der Waals surface area contributed by atoms with Gasteiger partial charge in [0.25, 0.3) is 0 Å². The van der Waals surface area contributed by atoms with Crippen molar-refractivity contribution in [1.82, 2.24) is 9.88 Å². The summed E-state index contributed by atoms with van der Waals surface area (Å²) < 4.78 is 10.8. The Hall–Kier alpha value is -2.99. The number of benzene rings is 2. The molecule has 1 aromatic heterocycles. The highest BCUT2D eigenvalue weighted by atomic mass is 16.5. The molecule has 32 heavy (non-hydrogen) atoms. The fourth-order valence-corrected chi connectivity index (χ4v) is 4.49. The Balaban J connectivity index is 1.61. The van der Waals surface area contributed by atoms with Crippen molar-refractivity contribution in [1.29, 1.82) is 0 Å². The molecular formula is C26H33N3O3. The molecule has 0 radical (unpaired) electrons. The summed E-state index contributed by atoms with van der Waals surface area (Å²) >= 11 is 0. The van der Waals surface area contributed by atoms with Gasteiger partial charge in [-0.05, 0) is 56.1 Å². The number of rotatable bonds is 7. The van der Waals surface area contributed by atoms with E-state index in [4.69, 9.17) is 14.5 Å². The number of nitrogens with zero attached hydrogens (tertiary/aromatic N) is 2. The van der Waals surface area contributed by atoms with E-state index in [0.29, 0.717) is 23.5 Å². The lowest BCUT2D eigenvalue weighted by Gasteiger charge is -2.19. The summed E-state index contributed by atoms with van der Waals surface area (Å²) in [5, 5.41) is 11.5. The van der Waals surface area contributed by atoms with Crippen molar-refractivity contribution in [3.63, 3.8) is 0 Å². The zero-order valence-electron chi connectivity index (χ0n) is 19.3. The van der Waals surface area contributed by atoms with E-state index in [2.05, 4.69) is 34.1 Å². The van der Waals surface area contributed by atoms with Crippen LogP contribution in [0.5, 0.6) is 17.4 Å². The Morgan fingerprint density at radius 1 is 1.00 bits per heavy atom. The minimum atomic E-state index is 0.105. The zero-order valence-corrected chi connectivity index (χ0v) is 19.3. The van der Waals surface area contributed by atoms with Crippen LogP contribution in [-0.2, 0) is 6.54 Å². The van der Waals surface area contributed by atoms with Crippen molar-refractivity contribution in [2.45, 2.75) is 45.6 Å². The summed E-state index contributed by atoms with van der Waals surface area (Å²) in [6, 6.07) is 12.2. The van der Waals surface area contributed by atoms with Gasteiger partial charge in [0.1, 0.15) is 0 Å². The number of H-pyrrole nitrogens is 1. The van der Waals surface area contributed by atoms with Crippen LogP contribution < -0.4 is 9.47 Å². The molecule has 2 aromatic carbocycles. The molecule has 0 bridgehead atoms. The van der Waals surface area contributed by atoms with Gasteiger partial charge in [0, 0.05) is 18.0 Å². The summed E-state index contributed by atoms with van der Waals surface area (Å²) in [7, 11) is 3.21. The quantitative estimate of drug-likeness (QED) is 0.460. The number of nitrogens with one attached hydrogen (secondary N) is 1. The predicted octanol–water partition coefficient (Wildman–Crippen LogP) is 5.80. The normalized spacial score (nSPS) is 15.7. The standard InChI is InChI=1S/C26H33N3O3/c1-4-21(25-20-15-23(31-2)24(32-3)16-22(20)28-26(25)30)27-19-11-9-18(10-12-19)17-29-13-7-5-6-8-14-29/h9-12,15-16,28,30H,4-8,13-14,17H2,1-3H3. The topological polar surface area (TPSA) is 70.1 Å². The van der Waals surface area contributed by atoms with Crippen molar-refractivity contribution in [3.05, 3.63) is 47.5 Å². The summed E-state index contributed by atoms with van der Waals surface area (Å²) in [5.74, 6) is 1.34. The Kier molecular flexibility index (Phi) is 7.00. The SMILES string of the molecule is CCC(=Nc1ccc(CN2CCCCCC2)cc1)c1c(O)[nH]c2cc(OC)c(OC)cc12. The Labute approximate surface area is 189 Å². The molecule has 0 aliphatic carbocycles. The molecule has 1 aliphatic rings. The fourth-order valence-electron chi connectivity index (χ4n) is 4.49. The van der Waals surface area contributed by atoms with E-state index in [-0.39, 0.29) is 5.88 Å². The molecule has 0 amide bonds. The third-order valence-electron chi connectivity index (χ3n) is 6.21. The highest BCUT2D eigenvalue weighted by molar-refractivity contribution is 6.14. The van der Waals surface area contributed by atoms with E-state index < -0.39 is 0 Å². The number of fused-ring (bicyclic) bond motifs is 1. The van der Waals surface area contributed by atoms with Crippen molar-refractivity contribution in [3.8, 4) is 17.4 Å². The van der Waals surface area contributed by atoms with Gasteiger partial charge in [0.15, 0.2) is 17.4 Å². The van der Waals surface area contributed by atoms with Gasteiger partial charge in [0.2, 0.25) is 0 Å². The van der Waals surface area contributed by atoms with E-state index in [1.165, 1.54) is 44.3 Å². The molecule has 0 saturated carbocycles. The van der Waals surface area contributed by atoms with Gasteiger partial charge in [0.05, 0.1) is 36.7 Å². The second-order valence-corrected chi connectivity index (χ2v) is 8.37. The van der Waals surface area contributed by atoms with E-state index in [0.717, 1.165) is 28.8 Å². The number of methoxy groups -OCH3 is 2. The van der Waals surface area contributed by atoms with Crippen LogP contribution in [0.3, 0.4) is 0 Å². The van der Waals surface area contributed by atoms with E-state index in [1.807, 2.05) is 19.1 Å². The van der Waals surface area contributed by atoms with Crippen LogP contribution >= 0.6 is 0 Å². The summed E-state index contributed by atoms with van der Waals surface area (Å²) in [6.07, 6.45) is 5.98. The van der Waals surface area contributed by atoms with Crippen molar-refractivity contribution in [2.75, 3.05) is 27.3 Å². The van der Waals surface area contributed by atoms with Crippen LogP contribution in [-0.4, -0.2) is 48.0 Å². The number of aliphatic imine (C=N–C) groups is 1. The molecule has 0 spiro atoms. The Morgan fingerprint density at radius 2 is 1.66 bits per heavy atom. The van der Waals surface area contributed by atoms with Gasteiger partial charge in [-0.25, -0.2) is 0 Å². The number of ether oxygens (including phenoxy) is 2. The first kappa shape index (κ1) is 22.2. The number of hydrogen-bond acceptors (Lipinski definition) is 5. The third-order valence-corrected chi connectivity index (χ3v) is 6.21. The van der Waals surface area contributed by atoms with Crippen molar-refractivity contribution >= 4 is 22.3 Å². The lowest BCUT2D eigenvalue weighted by Crippen LogP contribution is -2.23. The van der Waals surface area contributed by atoms with Gasteiger partial charge in [-0.3, -0.25) is 9.89 Å². The summed E-state index contributed by atoms with van der Waals surface area (Å²) in [4.78, 5) is 10.5. The fraction of sp³-hybridized carbons (Fsp3) is 0.423. The number of likely N-dealkylation sites (tertiary alicyclic amines) is 1. The van der Waals surface area contributed by atoms with Crippen LogP contribution in [0.25, 0.3) is 10.9 Å². The van der Waals surface area contributed by atoms with Crippen LogP contribution in [0.15, 0.2) is 41.4 Å². The number of aromatic amines is 1. The smallest absolute Gasteiger partial charge is 0.198 e. The third kappa shape index (κ3) is 4.75. The number of aromatic nitrogens is 1. The first-order valence-corrected chi connectivity index (χ1v) is 11.5. The maximum atomic E-state index is 10.7. The lowest BCUT2D eigenvalue weighted by atomic mass is 10.1. The highest BCUT2D eigenvalue weighted by Gasteiger charge is 2.19. The van der Waals surface area contributed by atoms with Gasteiger partial charge >= 0.3 is 0 Å². The molecule has 2 heterocycles. The first-order valence-electron chi connectivity index (χ1n) is 11.5. The maximum Gasteiger partial charge on any atom is 0.198 e. The van der Waals surface area contributed by atoms with Crippen molar-refractivity contribution < 1.29 is 14.6 Å². The van der Waals surface area contributed by atoms with Gasteiger partial charge in [-0.15, -0.1) is 0 Å². The van der Waals surface area contributed by atoms with Gasteiger partial charge < -0.3 is 19.6 Å². The van der Waals surface area contributed by atoms with E-state index >= 15 is 0 Å². The second kappa shape index (κ2) is 10.1. The minimum absolute atomic E-state index is 0.105. The van der Waals surface area contributed by atoms with Gasteiger partial charge in [-0.1, -0.05) is 31.9 Å². The molecule has 3 aromatic rings. The van der Waals surface area contributed by atoms with Crippen LogP contribution in [0.1, 0.15) is 50.2 Å². The molecule has 1 aliphatic heterocycles. The van der Waals surface area contributed by atoms with E-state index in [9.17, 15) is 5.11 Å². The van der Waals surface area contributed by atoms with Gasteiger partial charge in [-0.2, -0.15) is 0 Å². The molecular weight excluding hydrogens is 402 g/mol. The zero-order chi connectivity index (χ0) is 22.5. The first-order chi connectivity index (χ1) is 15.6. The van der Waals surface area contributed by atoms with Crippen LogP contribution in [0, 0.1) is 0 Å². The van der Waals surface area contributed by atoms with Crippen LogP contribution in [0.2, 0.25) is 0 Å². The molecule has 170 valence electrons. The second-order valence-electron chi connectivity index (χ2n) is 8.37. The monoisotopic (exact) mass is 435 g/mol. The molecule has 1 saturated heterocycles. The predicted molar refractivity (Wildman–Crippen MR) is 130 cm³/mol. The number of hydrogen-bond donors (Lipinski definition) is 2. The average Bonchev–Trinajstić information content (AvgIpc) is 2.95. The van der Waals surface area contributed by atoms with Crippen LogP contribution in [0.4, 0.5) is 5.69 Å². The molecule has 1 fully saturated rings. The molecule has 6 heteroatoms. The highest BCUT2D eigenvalue weighted by Crippen LogP contribution is 2.37. The Morgan fingerprint density at radius 3 is 2.28 bits per heavy atom. The molecule has 2 N–H and O–H groups in total. The van der Waals surface area contributed by atoms with Crippen molar-refractivity contribution in [2.24, 2.45) is 4.99 Å². The average molecular weight is 436 g/mol. The number of aromatic hydroxyl groups is 1. The maximum absolute atomic E-state index is 10.7. The summed E-state index contributed by atoms with van der Waals surface area (Å²) in [5.41, 5.74) is 4.51. The van der Waals surface area contributed by atoms with E-state index in [1.54, 1.807) is 14.2 Å². The molecule has 0 unspecified atom stereocenters. The molecule has 4 rings (SSSR count).